The minimum Gasteiger partial charge on any atom is -0.0654 e. The minimum atomic E-state index is -1.67. The van der Waals surface area contributed by atoms with Crippen LogP contribution in [0.5, 0.6) is 0 Å². The maximum atomic E-state index is 2.37. The number of benzene rings is 3. The van der Waals surface area contributed by atoms with Gasteiger partial charge < -0.3 is 0 Å². The number of rotatable bonds is 9. The van der Waals surface area contributed by atoms with E-state index in [1.165, 1.54) is 47.8 Å². The predicted molar refractivity (Wildman–Crippen MR) is 123 cm³/mol. The van der Waals surface area contributed by atoms with Crippen LogP contribution in [0.1, 0.15) is 39.5 Å². The normalized spacial score (nSPS) is 12.7. The zero-order valence-electron chi connectivity index (χ0n) is 16.7. The summed E-state index contributed by atoms with van der Waals surface area (Å²) in [5, 5.41) is 4.53. The molecule has 0 amide bonds. The van der Waals surface area contributed by atoms with E-state index in [-0.39, 0.29) is 0 Å². The van der Waals surface area contributed by atoms with Gasteiger partial charge in [0, 0.05) is 0 Å². The molecule has 140 valence electrons. The Hall–Kier alpha value is -1.91. The highest BCUT2D eigenvalue weighted by Crippen LogP contribution is 2.57. The Labute approximate surface area is 166 Å². The summed E-state index contributed by atoms with van der Waals surface area (Å²) < 4.78 is 0. The molecule has 3 aromatic carbocycles. The van der Waals surface area contributed by atoms with Gasteiger partial charge in [0.15, 0.2) is 0 Å². The maximum absolute atomic E-state index is 2.37. The first-order chi connectivity index (χ1) is 13.3. The molecule has 0 aliphatic rings. The molecule has 0 aromatic heterocycles. The first kappa shape index (κ1) is 19.8. The zero-order valence-corrected chi connectivity index (χ0v) is 17.6. The van der Waals surface area contributed by atoms with Crippen LogP contribution in [0.25, 0.3) is 0 Å². The molecule has 0 aliphatic carbocycles. The fourth-order valence-electron chi connectivity index (χ4n) is 4.12. The average molecular weight is 376 g/mol. The van der Waals surface area contributed by atoms with Crippen molar-refractivity contribution >= 4 is 23.2 Å². The monoisotopic (exact) mass is 375 g/mol. The Kier molecular flexibility index (Phi) is 7.25. The van der Waals surface area contributed by atoms with Crippen LogP contribution in [0.3, 0.4) is 0 Å². The summed E-state index contributed by atoms with van der Waals surface area (Å²) in [5.74, 6) is 0.763. The first-order valence-corrected chi connectivity index (χ1v) is 12.3. The summed E-state index contributed by atoms with van der Waals surface area (Å²) in [6, 6.07) is 33.9. The smallest absolute Gasteiger partial charge is 0.0654 e. The summed E-state index contributed by atoms with van der Waals surface area (Å²) in [5.41, 5.74) is 0. The molecule has 0 bridgehead atoms. The van der Waals surface area contributed by atoms with Crippen molar-refractivity contribution in [3.63, 3.8) is 0 Å². The van der Waals surface area contributed by atoms with Crippen LogP contribution in [0, 0.1) is 5.92 Å². The average Bonchev–Trinajstić information content (AvgIpc) is 2.76. The van der Waals surface area contributed by atoms with E-state index in [2.05, 4.69) is 105 Å². The topological polar surface area (TPSA) is 0 Å². The van der Waals surface area contributed by atoms with Crippen molar-refractivity contribution < 1.29 is 0 Å². The fourth-order valence-corrected chi connectivity index (χ4v) is 8.90. The van der Waals surface area contributed by atoms with E-state index >= 15 is 0 Å². The minimum absolute atomic E-state index is 0.763. The van der Waals surface area contributed by atoms with Gasteiger partial charge in [0.05, 0.1) is 6.16 Å². The van der Waals surface area contributed by atoms with E-state index in [0.717, 1.165) is 5.92 Å². The van der Waals surface area contributed by atoms with Crippen LogP contribution in [0.15, 0.2) is 91.0 Å². The van der Waals surface area contributed by atoms with Crippen LogP contribution in [-0.4, -0.2) is 6.16 Å². The summed E-state index contributed by atoms with van der Waals surface area (Å²) in [7, 11) is -1.67. The first-order valence-electron chi connectivity index (χ1n) is 10.4. The van der Waals surface area contributed by atoms with Crippen LogP contribution in [-0.2, 0) is 0 Å². The van der Waals surface area contributed by atoms with Crippen LogP contribution >= 0.6 is 7.26 Å². The molecule has 1 heteroatoms. The van der Waals surface area contributed by atoms with E-state index in [9.17, 15) is 0 Å². The molecular weight excluding hydrogens is 343 g/mol. The third-order valence-corrected chi connectivity index (χ3v) is 10.3. The molecule has 1 unspecified atom stereocenters. The van der Waals surface area contributed by atoms with Gasteiger partial charge >= 0.3 is 0 Å². The maximum Gasteiger partial charge on any atom is 0.112 e. The van der Waals surface area contributed by atoms with Gasteiger partial charge in [-0.3, -0.25) is 0 Å². The zero-order chi connectivity index (χ0) is 19.0. The Morgan fingerprint density at radius 1 is 0.630 bits per heavy atom. The highest BCUT2D eigenvalue weighted by atomic mass is 31.2. The lowest BCUT2D eigenvalue weighted by atomic mass is 10.0. The predicted octanol–water partition coefficient (Wildman–Crippen LogP) is 6.20. The van der Waals surface area contributed by atoms with Crippen molar-refractivity contribution in [1.29, 1.82) is 0 Å². The van der Waals surface area contributed by atoms with Gasteiger partial charge in [0.1, 0.15) is 23.2 Å². The second-order valence-electron chi connectivity index (χ2n) is 7.42. The lowest BCUT2D eigenvalue weighted by Crippen LogP contribution is -2.35. The summed E-state index contributed by atoms with van der Waals surface area (Å²) >= 11 is 0. The SMILES string of the molecule is CCCCC(CC)C[P+](c1ccccc1)(c1ccccc1)c1ccccc1. The van der Waals surface area contributed by atoms with Crippen molar-refractivity contribution in [3.05, 3.63) is 91.0 Å². The number of hydrogen-bond donors (Lipinski definition) is 0. The van der Waals surface area contributed by atoms with E-state index in [1.807, 2.05) is 0 Å². The highest BCUT2D eigenvalue weighted by molar-refractivity contribution is 7.95. The van der Waals surface area contributed by atoms with Gasteiger partial charge in [-0.25, -0.2) is 0 Å². The Morgan fingerprint density at radius 3 is 1.37 bits per heavy atom. The molecule has 0 fully saturated rings. The molecule has 0 saturated carbocycles. The second kappa shape index (κ2) is 9.86. The summed E-state index contributed by atoms with van der Waals surface area (Å²) in [4.78, 5) is 0. The van der Waals surface area contributed by atoms with Gasteiger partial charge in [-0.1, -0.05) is 81.3 Å². The highest BCUT2D eigenvalue weighted by Gasteiger charge is 2.46. The molecule has 0 spiro atoms. The van der Waals surface area contributed by atoms with Gasteiger partial charge in [-0.2, -0.15) is 0 Å². The van der Waals surface area contributed by atoms with Crippen molar-refractivity contribution in [3.8, 4) is 0 Å². The van der Waals surface area contributed by atoms with E-state index in [1.54, 1.807) is 0 Å². The Morgan fingerprint density at radius 2 is 1.04 bits per heavy atom. The lowest BCUT2D eigenvalue weighted by Gasteiger charge is -2.31. The molecule has 1 atom stereocenters. The van der Waals surface area contributed by atoms with Crippen molar-refractivity contribution in [2.45, 2.75) is 39.5 Å². The third-order valence-electron chi connectivity index (χ3n) is 5.67. The fraction of sp³-hybridized carbons (Fsp3) is 0.308. The van der Waals surface area contributed by atoms with Gasteiger partial charge in [0.2, 0.25) is 0 Å². The van der Waals surface area contributed by atoms with Gasteiger partial charge in [-0.15, -0.1) is 0 Å². The largest absolute Gasteiger partial charge is 0.112 e. The third kappa shape index (κ3) is 4.50. The molecule has 0 aliphatic heterocycles. The molecule has 0 heterocycles. The number of hydrogen-bond acceptors (Lipinski definition) is 0. The van der Waals surface area contributed by atoms with Gasteiger partial charge in [-0.05, 0) is 55.2 Å². The Bertz CT molecular complexity index is 684. The molecule has 0 radical (unpaired) electrons. The lowest BCUT2D eigenvalue weighted by molar-refractivity contribution is 0.497. The molecular formula is C26H32P+. The molecule has 3 rings (SSSR count). The van der Waals surface area contributed by atoms with Crippen molar-refractivity contribution in [2.24, 2.45) is 5.92 Å². The van der Waals surface area contributed by atoms with Crippen LogP contribution < -0.4 is 15.9 Å². The quantitative estimate of drug-likeness (QED) is 0.391. The molecule has 0 N–H and O–H groups in total. The van der Waals surface area contributed by atoms with Gasteiger partial charge in [0.25, 0.3) is 0 Å². The molecule has 27 heavy (non-hydrogen) atoms. The molecule has 3 aromatic rings. The van der Waals surface area contributed by atoms with Crippen LogP contribution in [0.2, 0.25) is 0 Å². The van der Waals surface area contributed by atoms with Crippen molar-refractivity contribution in [2.75, 3.05) is 6.16 Å². The van der Waals surface area contributed by atoms with E-state index in [4.69, 9.17) is 0 Å². The summed E-state index contributed by atoms with van der Waals surface area (Å²) in [6.45, 7) is 4.68. The molecule has 0 saturated heterocycles. The Balaban J connectivity index is 2.19. The van der Waals surface area contributed by atoms with E-state index in [0.29, 0.717) is 0 Å². The molecule has 0 nitrogen and oxygen atoms in total. The number of unbranched alkanes of at least 4 members (excludes halogenated alkanes) is 1. The van der Waals surface area contributed by atoms with Crippen molar-refractivity contribution in [1.82, 2.24) is 0 Å². The second-order valence-corrected chi connectivity index (χ2v) is 10.9. The van der Waals surface area contributed by atoms with Crippen LogP contribution in [0.4, 0.5) is 0 Å². The van der Waals surface area contributed by atoms with E-state index < -0.39 is 7.26 Å². The summed E-state index contributed by atoms with van der Waals surface area (Å²) in [6.07, 6.45) is 6.47. The standard InChI is InChI=1S/C26H32P/c1-3-5-15-23(4-2)22-27(24-16-9-6-10-17-24,25-18-11-7-12-19-25)26-20-13-8-14-21-26/h6-14,16-21,23H,3-5,15,22H2,1-2H3/q+1.